The Morgan fingerprint density at radius 1 is 1.19 bits per heavy atom. The fraction of sp³-hybridized carbons (Fsp3) is 0.0714. The molecule has 2 heteroatoms. The smallest absolute Gasteiger partial charge is 0.153 e. The quantitative estimate of drug-likeness (QED) is 0.605. The number of pyridine rings is 1. The second kappa shape index (κ2) is 3.20. The third-order valence-corrected chi connectivity index (χ3v) is 2.70. The molecular weight excluding hydrogens is 198 g/mol. The van der Waals surface area contributed by atoms with Crippen LogP contribution in [0.25, 0.3) is 27.5 Å². The zero-order chi connectivity index (χ0) is 11.1. The normalized spacial score (nSPS) is 11.1. The van der Waals surface area contributed by atoms with Crippen LogP contribution in [0, 0.1) is 0 Å². The lowest BCUT2D eigenvalue weighted by atomic mass is 10.1. The van der Waals surface area contributed by atoms with Gasteiger partial charge in [-0.05, 0) is 24.6 Å². The van der Waals surface area contributed by atoms with E-state index in [4.69, 9.17) is 4.42 Å². The molecular formula is C14H11NO. The molecule has 0 unspecified atom stereocenters. The minimum Gasteiger partial charge on any atom is -0.454 e. The minimum atomic E-state index is 0.825. The predicted octanol–water partition coefficient (Wildman–Crippen LogP) is 4.01. The maximum Gasteiger partial charge on any atom is 0.153 e. The highest BCUT2D eigenvalue weighted by atomic mass is 16.3. The Hall–Kier alpha value is -2.09. The summed E-state index contributed by atoms with van der Waals surface area (Å²) in [5.74, 6) is 0. The first-order valence-electron chi connectivity index (χ1n) is 5.19. The van der Waals surface area contributed by atoms with E-state index in [2.05, 4.69) is 17.6 Å². The molecule has 3 aromatic rings. The van der Waals surface area contributed by atoms with Gasteiger partial charge in [0, 0.05) is 10.8 Å². The van der Waals surface area contributed by atoms with Crippen molar-refractivity contribution >= 4 is 27.5 Å². The fourth-order valence-corrected chi connectivity index (χ4v) is 1.86. The van der Waals surface area contributed by atoms with Gasteiger partial charge in [0.1, 0.15) is 5.58 Å². The van der Waals surface area contributed by atoms with Crippen LogP contribution in [0.5, 0.6) is 0 Å². The summed E-state index contributed by atoms with van der Waals surface area (Å²) in [6.45, 7) is 5.86. The third-order valence-electron chi connectivity index (χ3n) is 2.70. The first-order valence-corrected chi connectivity index (χ1v) is 5.19. The number of rotatable bonds is 1. The van der Waals surface area contributed by atoms with Crippen LogP contribution in [0.1, 0.15) is 12.6 Å². The van der Waals surface area contributed by atoms with Crippen molar-refractivity contribution in [3.05, 3.63) is 48.8 Å². The summed E-state index contributed by atoms with van der Waals surface area (Å²) >= 11 is 0. The van der Waals surface area contributed by atoms with E-state index in [1.165, 1.54) is 0 Å². The van der Waals surface area contributed by atoms with Gasteiger partial charge in [0.25, 0.3) is 0 Å². The highest BCUT2D eigenvalue weighted by Gasteiger charge is 2.07. The van der Waals surface area contributed by atoms with Gasteiger partial charge in [0.2, 0.25) is 0 Å². The molecule has 0 bridgehead atoms. The Bertz CT molecular complexity index is 694. The molecule has 78 valence electrons. The van der Waals surface area contributed by atoms with Crippen LogP contribution in [0.15, 0.2) is 47.5 Å². The van der Waals surface area contributed by atoms with Crippen molar-refractivity contribution in [3.8, 4) is 0 Å². The van der Waals surface area contributed by atoms with Crippen LogP contribution in [-0.2, 0) is 0 Å². The van der Waals surface area contributed by atoms with E-state index in [1.807, 2.05) is 31.2 Å². The van der Waals surface area contributed by atoms with Crippen LogP contribution in [0.4, 0.5) is 0 Å². The van der Waals surface area contributed by atoms with Crippen LogP contribution in [-0.4, -0.2) is 4.98 Å². The third kappa shape index (κ3) is 1.23. The number of hydrogen-bond acceptors (Lipinski definition) is 2. The van der Waals surface area contributed by atoms with Gasteiger partial charge in [0.15, 0.2) is 5.58 Å². The van der Waals surface area contributed by atoms with Gasteiger partial charge in [-0.3, -0.25) is 4.98 Å². The minimum absolute atomic E-state index is 0.825. The lowest BCUT2D eigenvalue weighted by Gasteiger charge is -1.97. The lowest BCUT2D eigenvalue weighted by molar-refractivity contribution is 0.667. The molecule has 0 amide bonds. The first-order chi connectivity index (χ1) is 7.75. The molecule has 2 aromatic heterocycles. The topological polar surface area (TPSA) is 26.0 Å². The van der Waals surface area contributed by atoms with Gasteiger partial charge in [0.05, 0.1) is 11.9 Å². The zero-order valence-electron chi connectivity index (χ0n) is 9.03. The van der Waals surface area contributed by atoms with Gasteiger partial charge in [-0.2, -0.15) is 0 Å². The maximum absolute atomic E-state index is 5.69. The van der Waals surface area contributed by atoms with E-state index in [9.17, 15) is 0 Å². The number of allylic oxidation sites excluding steroid dienone is 1. The molecule has 0 aliphatic rings. The van der Waals surface area contributed by atoms with Crippen LogP contribution in [0.3, 0.4) is 0 Å². The van der Waals surface area contributed by atoms with Crippen molar-refractivity contribution < 1.29 is 4.42 Å². The molecule has 0 atom stereocenters. The fourth-order valence-electron chi connectivity index (χ4n) is 1.86. The van der Waals surface area contributed by atoms with E-state index in [-0.39, 0.29) is 0 Å². The van der Waals surface area contributed by atoms with E-state index in [1.54, 1.807) is 6.20 Å². The molecule has 0 spiro atoms. The SMILES string of the molecule is C=C(C)c1cc2c(cn1)oc1ccccc12. The molecule has 0 aliphatic heterocycles. The van der Waals surface area contributed by atoms with Crippen molar-refractivity contribution in [3.63, 3.8) is 0 Å². The second-order valence-corrected chi connectivity index (χ2v) is 3.94. The molecule has 0 fully saturated rings. The maximum atomic E-state index is 5.69. The summed E-state index contributed by atoms with van der Waals surface area (Å²) in [5, 5.41) is 2.23. The Labute approximate surface area is 93.2 Å². The highest BCUT2D eigenvalue weighted by molar-refractivity contribution is 6.05. The van der Waals surface area contributed by atoms with Crippen molar-refractivity contribution in [2.45, 2.75) is 6.92 Å². The van der Waals surface area contributed by atoms with E-state index < -0.39 is 0 Å². The Morgan fingerprint density at radius 3 is 2.81 bits per heavy atom. The summed E-state index contributed by atoms with van der Waals surface area (Å²) in [5.41, 5.74) is 3.61. The Kier molecular flexibility index (Phi) is 1.83. The molecule has 3 rings (SSSR count). The highest BCUT2D eigenvalue weighted by Crippen LogP contribution is 2.29. The lowest BCUT2D eigenvalue weighted by Crippen LogP contribution is -1.82. The molecule has 2 heterocycles. The standard InChI is InChI=1S/C14H11NO/c1-9(2)12-7-11-10-5-3-4-6-13(10)16-14(11)8-15-12/h3-8H,1H2,2H3. The summed E-state index contributed by atoms with van der Waals surface area (Å²) in [4.78, 5) is 4.31. The molecule has 0 radical (unpaired) electrons. The molecule has 1 aromatic carbocycles. The Balaban J connectivity index is 2.44. The monoisotopic (exact) mass is 209 g/mol. The molecule has 16 heavy (non-hydrogen) atoms. The van der Waals surface area contributed by atoms with E-state index >= 15 is 0 Å². The largest absolute Gasteiger partial charge is 0.454 e. The van der Waals surface area contributed by atoms with Crippen molar-refractivity contribution in [1.29, 1.82) is 0 Å². The van der Waals surface area contributed by atoms with Gasteiger partial charge in [-0.15, -0.1) is 0 Å². The number of nitrogens with zero attached hydrogens (tertiary/aromatic N) is 1. The first kappa shape index (κ1) is 9.16. The summed E-state index contributed by atoms with van der Waals surface area (Å²) < 4.78 is 5.69. The van der Waals surface area contributed by atoms with Crippen LogP contribution < -0.4 is 0 Å². The molecule has 2 nitrogen and oxygen atoms in total. The van der Waals surface area contributed by atoms with Gasteiger partial charge in [-0.1, -0.05) is 24.8 Å². The molecule has 0 saturated carbocycles. The zero-order valence-corrected chi connectivity index (χ0v) is 9.03. The van der Waals surface area contributed by atoms with E-state index in [0.717, 1.165) is 33.2 Å². The molecule has 0 N–H and O–H groups in total. The van der Waals surface area contributed by atoms with Gasteiger partial charge < -0.3 is 4.42 Å². The second-order valence-electron chi connectivity index (χ2n) is 3.94. The Morgan fingerprint density at radius 2 is 2.00 bits per heavy atom. The number of aromatic nitrogens is 1. The number of fused-ring (bicyclic) bond motifs is 3. The summed E-state index contributed by atoms with van der Waals surface area (Å²) in [7, 11) is 0. The average Bonchev–Trinajstić information content (AvgIpc) is 2.66. The van der Waals surface area contributed by atoms with Crippen molar-refractivity contribution in [2.75, 3.05) is 0 Å². The predicted molar refractivity (Wildman–Crippen MR) is 66.2 cm³/mol. The van der Waals surface area contributed by atoms with Gasteiger partial charge in [-0.25, -0.2) is 0 Å². The van der Waals surface area contributed by atoms with Gasteiger partial charge >= 0.3 is 0 Å². The summed E-state index contributed by atoms with van der Waals surface area (Å²) in [6, 6.07) is 10.0. The number of furan rings is 1. The summed E-state index contributed by atoms with van der Waals surface area (Å²) in [6.07, 6.45) is 1.76. The molecule has 0 saturated heterocycles. The van der Waals surface area contributed by atoms with Crippen molar-refractivity contribution in [2.24, 2.45) is 0 Å². The average molecular weight is 209 g/mol. The van der Waals surface area contributed by atoms with E-state index in [0.29, 0.717) is 0 Å². The van der Waals surface area contributed by atoms with Crippen LogP contribution in [0.2, 0.25) is 0 Å². The molecule has 0 aliphatic carbocycles. The number of para-hydroxylation sites is 1. The number of benzene rings is 1. The number of hydrogen-bond donors (Lipinski definition) is 0. The van der Waals surface area contributed by atoms with Crippen molar-refractivity contribution in [1.82, 2.24) is 4.98 Å². The van der Waals surface area contributed by atoms with Crippen LogP contribution >= 0.6 is 0 Å².